The summed E-state index contributed by atoms with van der Waals surface area (Å²) < 4.78 is 0. The average Bonchev–Trinajstić information content (AvgIpc) is 2.64. The third-order valence-electron chi connectivity index (χ3n) is 4.68. The Morgan fingerprint density at radius 2 is 0.840 bits per heavy atom. The van der Waals surface area contributed by atoms with Crippen LogP contribution < -0.4 is 29.6 Å². The second-order valence-electron chi connectivity index (χ2n) is 6.68. The molecule has 0 heterocycles. The Hall–Kier alpha value is -1.79. The maximum atomic E-state index is 10.1. The van der Waals surface area contributed by atoms with E-state index in [1.54, 1.807) is 0 Å². The molecule has 3 rings (SSSR count). The first-order valence-electron chi connectivity index (χ1n) is 8.53. The van der Waals surface area contributed by atoms with E-state index in [9.17, 15) is 5.26 Å². The predicted molar refractivity (Wildman–Crippen MR) is 102 cm³/mol. The van der Waals surface area contributed by atoms with Crippen molar-refractivity contribution in [1.82, 2.24) is 0 Å². The fourth-order valence-electron chi connectivity index (χ4n) is 3.55. The summed E-state index contributed by atoms with van der Waals surface area (Å²) in [5, 5.41) is 10.1. The number of benzene rings is 3. The molecule has 0 spiro atoms. The Labute approximate surface area is 172 Å². The zero-order chi connectivity index (χ0) is 16.7. The van der Waals surface area contributed by atoms with Crippen molar-refractivity contribution in [3.63, 3.8) is 0 Å². The minimum Gasteiger partial charge on any atom is -0.250 e. The van der Waals surface area contributed by atoms with Crippen LogP contribution in [0.15, 0.2) is 91.0 Å². The van der Waals surface area contributed by atoms with E-state index >= 15 is 0 Å². The van der Waals surface area contributed by atoms with Crippen molar-refractivity contribution in [2.24, 2.45) is 0 Å². The second kappa shape index (κ2) is 9.63. The van der Waals surface area contributed by atoms with E-state index in [1.165, 1.54) is 16.7 Å². The first kappa shape index (κ1) is 19.5. The molecule has 0 N–H and O–H groups in total. The molecular formula is C22H21BNNa. The van der Waals surface area contributed by atoms with Gasteiger partial charge in [0.2, 0.25) is 0 Å². The minimum absolute atomic E-state index is 0. The van der Waals surface area contributed by atoms with Crippen molar-refractivity contribution in [2.75, 3.05) is 0 Å². The van der Waals surface area contributed by atoms with Crippen LogP contribution in [0.4, 0.5) is 0 Å². The third-order valence-corrected chi connectivity index (χ3v) is 4.68. The molecule has 3 heteroatoms. The van der Waals surface area contributed by atoms with E-state index in [-0.39, 0.29) is 29.6 Å². The van der Waals surface area contributed by atoms with Gasteiger partial charge in [-0.1, -0.05) is 108 Å². The van der Waals surface area contributed by atoms with Gasteiger partial charge in [-0.3, -0.25) is 0 Å². The molecule has 0 aliphatic heterocycles. The van der Waals surface area contributed by atoms with Crippen LogP contribution in [0.2, 0.25) is 0 Å². The summed E-state index contributed by atoms with van der Waals surface area (Å²) in [6, 6.07) is 31.2. The van der Waals surface area contributed by atoms with Crippen molar-refractivity contribution >= 4 is 6.15 Å². The molecular weight excluding hydrogens is 312 g/mol. The minimum atomic E-state index is -1.23. The van der Waals surface area contributed by atoms with Gasteiger partial charge in [0.15, 0.2) is 0 Å². The predicted octanol–water partition coefficient (Wildman–Crippen LogP) is 1.85. The van der Waals surface area contributed by atoms with Crippen molar-refractivity contribution in [1.29, 1.82) is 5.26 Å². The molecule has 118 valence electrons. The number of hydrogen-bond donors (Lipinski definition) is 0. The fourth-order valence-corrected chi connectivity index (χ4v) is 3.55. The first-order chi connectivity index (χ1) is 11.8. The molecule has 0 radical (unpaired) electrons. The van der Waals surface area contributed by atoms with Gasteiger partial charge in [0.25, 0.3) is 0 Å². The standard InChI is InChI=1S/C22H21BN.Na/c24-19-23(16-20-10-4-1-5-11-20,17-21-12-6-2-7-13-21)18-22-14-8-3-9-15-22;/h1-15H,16-18H2;/q-1;+1. The van der Waals surface area contributed by atoms with E-state index in [4.69, 9.17) is 0 Å². The summed E-state index contributed by atoms with van der Waals surface area (Å²) in [4.78, 5) is 0. The number of hydrogen-bond acceptors (Lipinski definition) is 1. The van der Waals surface area contributed by atoms with Crippen LogP contribution in [-0.2, 0) is 19.0 Å². The van der Waals surface area contributed by atoms with Gasteiger partial charge in [-0.2, -0.15) is 5.97 Å². The Balaban J connectivity index is 0.00000225. The molecule has 0 bridgehead atoms. The van der Waals surface area contributed by atoms with Crippen LogP contribution in [0, 0.1) is 11.2 Å². The van der Waals surface area contributed by atoms with E-state index in [0.717, 1.165) is 19.0 Å². The number of rotatable bonds is 6. The van der Waals surface area contributed by atoms with Gasteiger partial charge in [-0.05, 0) is 0 Å². The normalized spacial score (nSPS) is 10.5. The molecule has 1 nitrogen and oxygen atoms in total. The molecule has 0 aliphatic carbocycles. The van der Waals surface area contributed by atoms with Gasteiger partial charge in [0.1, 0.15) is 6.15 Å². The van der Waals surface area contributed by atoms with Crippen molar-refractivity contribution in [2.45, 2.75) is 19.0 Å². The topological polar surface area (TPSA) is 23.8 Å². The van der Waals surface area contributed by atoms with Gasteiger partial charge >= 0.3 is 29.6 Å². The third kappa shape index (κ3) is 5.61. The molecule has 0 fully saturated rings. The van der Waals surface area contributed by atoms with Crippen molar-refractivity contribution in [3.8, 4) is 5.97 Å². The summed E-state index contributed by atoms with van der Waals surface area (Å²) in [6.45, 7) is 0. The van der Waals surface area contributed by atoms with E-state index in [0.29, 0.717) is 0 Å². The number of nitriles is 1. The van der Waals surface area contributed by atoms with E-state index < -0.39 is 6.15 Å². The summed E-state index contributed by atoms with van der Waals surface area (Å²) in [6.07, 6.45) is 1.24. The molecule has 0 amide bonds. The van der Waals surface area contributed by atoms with Crippen molar-refractivity contribution < 1.29 is 29.6 Å². The van der Waals surface area contributed by atoms with E-state index in [2.05, 4.69) is 78.8 Å². The molecule has 3 aromatic rings. The Morgan fingerprint density at radius 1 is 0.560 bits per heavy atom. The number of nitrogens with zero attached hydrogens (tertiary/aromatic N) is 1. The van der Waals surface area contributed by atoms with Gasteiger partial charge < -0.3 is 0 Å². The van der Waals surface area contributed by atoms with E-state index in [1.807, 2.05) is 18.2 Å². The van der Waals surface area contributed by atoms with Gasteiger partial charge in [-0.15, -0.1) is 19.0 Å². The molecule has 0 saturated heterocycles. The largest absolute Gasteiger partial charge is 1.00 e. The average molecular weight is 333 g/mol. The van der Waals surface area contributed by atoms with Crippen LogP contribution in [0.1, 0.15) is 16.7 Å². The van der Waals surface area contributed by atoms with Gasteiger partial charge in [0, 0.05) is 0 Å². The zero-order valence-corrected chi connectivity index (χ0v) is 16.8. The van der Waals surface area contributed by atoms with Crippen LogP contribution in [0.3, 0.4) is 0 Å². The summed E-state index contributed by atoms with van der Waals surface area (Å²) in [5.74, 6) is 2.72. The Kier molecular flexibility index (Phi) is 7.53. The van der Waals surface area contributed by atoms with Crippen molar-refractivity contribution in [3.05, 3.63) is 108 Å². The fraction of sp³-hybridized carbons (Fsp3) is 0.136. The summed E-state index contributed by atoms with van der Waals surface area (Å²) in [7, 11) is 0. The molecule has 0 unspecified atom stereocenters. The zero-order valence-electron chi connectivity index (χ0n) is 14.8. The molecule has 25 heavy (non-hydrogen) atoms. The Bertz CT molecular complexity index is 696. The monoisotopic (exact) mass is 333 g/mol. The quantitative estimate of drug-likeness (QED) is 0.632. The smallest absolute Gasteiger partial charge is 0.250 e. The van der Waals surface area contributed by atoms with Crippen LogP contribution in [0.25, 0.3) is 0 Å². The second-order valence-corrected chi connectivity index (χ2v) is 6.68. The van der Waals surface area contributed by atoms with Gasteiger partial charge in [-0.25, -0.2) is 5.26 Å². The molecule has 0 atom stereocenters. The van der Waals surface area contributed by atoms with Crippen LogP contribution in [-0.4, -0.2) is 6.15 Å². The maximum absolute atomic E-state index is 10.1. The SMILES string of the molecule is N#C[B-](Cc1ccccc1)(Cc1ccccc1)Cc1ccccc1.[Na+]. The molecule has 0 aliphatic rings. The van der Waals surface area contributed by atoms with Gasteiger partial charge in [0.05, 0.1) is 0 Å². The molecule has 3 aromatic carbocycles. The molecule has 0 saturated carbocycles. The van der Waals surface area contributed by atoms with Crippen LogP contribution in [0.5, 0.6) is 0 Å². The summed E-state index contributed by atoms with van der Waals surface area (Å²) >= 11 is 0. The van der Waals surface area contributed by atoms with Crippen LogP contribution >= 0.6 is 0 Å². The summed E-state index contributed by atoms with van der Waals surface area (Å²) in [5.41, 5.74) is 3.72. The first-order valence-corrected chi connectivity index (χ1v) is 8.53. The molecule has 0 aromatic heterocycles. The maximum Gasteiger partial charge on any atom is 1.00 e. The Morgan fingerprint density at radius 3 is 1.08 bits per heavy atom.